The molecule has 0 spiro atoms. The van der Waals surface area contributed by atoms with Crippen molar-refractivity contribution in [3.05, 3.63) is 53.2 Å². The van der Waals surface area contributed by atoms with Crippen LogP contribution in [0.3, 0.4) is 0 Å². The molecule has 188 valence electrons. The van der Waals surface area contributed by atoms with Crippen LogP contribution in [-0.4, -0.2) is 56.8 Å². The van der Waals surface area contributed by atoms with Crippen LogP contribution in [0.2, 0.25) is 0 Å². The lowest BCUT2D eigenvalue weighted by Gasteiger charge is -2.27. The van der Waals surface area contributed by atoms with Crippen molar-refractivity contribution in [2.45, 2.75) is 26.3 Å². The number of benzene rings is 1. The molecule has 1 aliphatic rings. The van der Waals surface area contributed by atoms with Gasteiger partial charge in [0.25, 0.3) is 0 Å². The van der Waals surface area contributed by atoms with Gasteiger partial charge in [-0.1, -0.05) is 13.0 Å². The molecule has 2 aromatic heterocycles. The molecule has 1 atom stereocenters. The highest BCUT2D eigenvalue weighted by molar-refractivity contribution is 7.93. The second-order valence-corrected chi connectivity index (χ2v) is 11.3. The number of likely N-dealkylation sites (N-methyl/N-ethyl adjacent to an activating group) is 1. The van der Waals surface area contributed by atoms with Crippen molar-refractivity contribution in [3.8, 4) is 11.8 Å². The maximum Gasteiger partial charge on any atom is 0.229 e. The van der Waals surface area contributed by atoms with Gasteiger partial charge in [0.2, 0.25) is 5.95 Å². The van der Waals surface area contributed by atoms with Crippen LogP contribution >= 0.6 is 0 Å². The van der Waals surface area contributed by atoms with Crippen LogP contribution in [0.4, 0.5) is 29.1 Å². The number of hydrogen-bond donors (Lipinski definition) is 2. The molecule has 0 saturated carbocycles. The summed E-state index contributed by atoms with van der Waals surface area (Å²) in [4.78, 5) is 15.5. The Balaban J connectivity index is 1.61. The van der Waals surface area contributed by atoms with E-state index < -0.39 is 9.73 Å². The van der Waals surface area contributed by atoms with Crippen molar-refractivity contribution in [3.63, 3.8) is 0 Å². The molecule has 3 aromatic rings. The summed E-state index contributed by atoms with van der Waals surface area (Å²) >= 11 is 0. The lowest BCUT2D eigenvalue weighted by Crippen LogP contribution is -2.27. The molecule has 0 fully saturated rings. The van der Waals surface area contributed by atoms with E-state index in [-0.39, 0.29) is 5.56 Å². The van der Waals surface area contributed by atoms with E-state index >= 15 is 0 Å². The Morgan fingerprint density at radius 2 is 2.11 bits per heavy atom. The lowest BCUT2D eigenvalue weighted by atomic mass is 9.98. The first kappa shape index (κ1) is 25.3. The highest BCUT2D eigenvalue weighted by Gasteiger charge is 2.19. The first-order valence-electron chi connectivity index (χ1n) is 11.7. The smallest absolute Gasteiger partial charge is 0.229 e. The van der Waals surface area contributed by atoms with E-state index in [0.717, 1.165) is 37.4 Å². The predicted molar refractivity (Wildman–Crippen MR) is 142 cm³/mol. The van der Waals surface area contributed by atoms with Crippen molar-refractivity contribution in [1.29, 1.82) is 5.26 Å². The molecule has 0 aliphatic carbocycles. The van der Waals surface area contributed by atoms with Crippen molar-refractivity contribution in [2.75, 3.05) is 43.3 Å². The van der Waals surface area contributed by atoms with Crippen LogP contribution in [0, 0.1) is 11.3 Å². The minimum absolute atomic E-state index is 0.264. The summed E-state index contributed by atoms with van der Waals surface area (Å²) in [6.45, 7) is 3.78. The highest BCUT2D eigenvalue weighted by Crippen LogP contribution is 2.32. The third kappa shape index (κ3) is 6.08. The molecular weight excluding hydrogens is 476 g/mol. The molecule has 11 heteroatoms. The average Bonchev–Trinajstić information content (AvgIpc) is 2.83. The van der Waals surface area contributed by atoms with Gasteiger partial charge in [0, 0.05) is 42.4 Å². The number of fused-ring (bicyclic) bond motifs is 1. The van der Waals surface area contributed by atoms with E-state index in [1.807, 2.05) is 13.0 Å². The molecule has 0 radical (unpaired) electrons. The zero-order valence-electron chi connectivity index (χ0n) is 20.9. The topological polar surface area (TPSA) is 128 Å². The van der Waals surface area contributed by atoms with Gasteiger partial charge < -0.3 is 20.3 Å². The molecule has 0 amide bonds. The monoisotopic (exact) mass is 506 g/mol. The van der Waals surface area contributed by atoms with Gasteiger partial charge in [-0.2, -0.15) is 14.6 Å². The van der Waals surface area contributed by atoms with Crippen LogP contribution in [0.1, 0.15) is 30.0 Å². The van der Waals surface area contributed by atoms with Gasteiger partial charge in [-0.3, -0.25) is 0 Å². The minimum atomic E-state index is -2.36. The Morgan fingerprint density at radius 1 is 1.28 bits per heavy atom. The summed E-state index contributed by atoms with van der Waals surface area (Å²) in [5.41, 5.74) is 3.47. The molecule has 1 aromatic carbocycles. The number of anilines is 4. The third-order valence-electron chi connectivity index (χ3n) is 5.72. The van der Waals surface area contributed by atoms with E-state index in [2.05, 4.69) is 54.0 Å². The standard InChI is InChI=1S/C25H30N8O2S/c1-5-11-36(4,34)32-23-8-6-7-22(29-23)30-24-18(14-26)15-27-25(31-24)28-19-12-17-16-33(2)10-9-20(17)21(13-19)35-3/h6-8,12-13,15H,5,9-11,16H2,1-4H3,(H2,27,28,29,30,31). The highest BCUT2D eigenvalue weighted by atomic mass is 32.2. The zero-order chi connectivity index (χ0) is 25.7. The molecule has 1 aliphatic heterocycles. The van der Waals surface area contributed by atoms with Gasteiger partial charge in [0.05, 0.1) is 23.0 Å². The Bertz CT molecular complexity index is 1430. The minimum Gasteiger partial charge on any atom is -0.496 e. The van der Waals surface area contributed by atoms with Crippen LogP contribution in [0.25, 0.3) is 0 Å². The van der Waals surface area contributed by atoms with E-state index in [0.29, 0.717) is 29.2 Å². The fourth-order valence-corrected chi connectivity index (χ4v) is 5.44. The Hall–Kier alpha value is -3.75. The van der Waals surface area contributed by atoms with Gasteiger partial charge in [0.1, 0.15) is 23.2 Å². The van der Waals surface area contributed by atoms with Gasteiger partial charge >= 0.3 is 0 Å². The van der Waals surface area contributed by atoms with E-state index in [9.17, 15) is 9.47 Å². The first-order valence-corrected chi connectivity index (χ1v) is 13.8. The summed E-state index contributed by atoms with van der Waals surface area (Å²) < 4.78 is 22.5. The van der Waals surface area contributed by atoms with Crippen LogP contribution in [0.15, 0.2) is 40.9 Å². The second-order valence-electron chi connectivity index (χ2n) is 8.76. The molecule has 0 saturated heterocycles. The van der Waals surface area contributed by atoms with Crippen LogP contribution < -0.4 is 15.4 Å². The summed E-state index contributed by atoms with van der Waals surface area (Å²) in [6.07, 6.45) is 4.78. The number of ether oxygens (including phenoxy) is 1. The largest absolute Gasteiger partial charge is 0.496 e. The Kier molecular flexibility index (Phi) is 7.67. The van der Waals surface area contributed by atoms with Crippen molar-refractivity contribution >= 4 is 38.8 Å². The molecule has 0 bridgehead atoms. The van der Waals surface area contributed by atoms with Crippen LogP contribution in [-0.2, 0) is 22.7 Å². The average molecular weight is 507 g/mol. The van der Waals surface area contributed by atoms with Crippen molar-refractivity contribution < 1.29 is 8.95 Å². The first-order chi connectivity index (χ1) is 17.3. The predicted octanol–water partition coefficient (Wildman–Crippen LogP) is 4.37. The lowest BCUT2D eigenvalue weighted by molar-refractivity contribution is 0.306. The molecule has 10 nitrogen and oxygen atoms in total. The number of pyridine rings is 1. The SMILES string of the molecule is CCCS(C)(=O)=Nc1cccc(Nc2nc(Nc3cc4c(c(OC)c3)CCN(C)C4)ncc2C#N)n1. The number of methoxy groups -OCH3 is 1. The maximum absolute atomic E-state index is 12.6. The second kappa shape index (κ2) is 10.9. The third-order valence-corrected chi connectivity index (χ3v) is 7.46. The number of nitrogens with one attached hydrogen (secondary N) is 2. The Morgan fingerprint density at radius 3 is 2.86 bits per heavy atom. The van der Waals surface area contributed by atoms with Gasteiger partial charge in [-0.05, 0) is 43.7 Å². The van der Waals surface area contributed by atoms with Crippen molar-refractivity contribution in [2.24, 2.45) is 4.36 Å². The fraction of sp³-hybridized carbons (Fsp3) is 0.360. The summed E-state index contributed by atoms with van der Waals surface area (Å²) in [6, 6.07) is 11.3. The molecule has 2 N–H and O–H groups in total. The molecule has 1 unspecified atom stereocenters. The fourth-order valence-electron chi connectivity index (χ4n) is 4.09. The molecule has 4 rings (SSSR count). The Labute approximate surface area is 211 Å². The number of rotatable bonds is 8. The molecular formula is C25H30N8O2S. The van der Waals surface area contributed by atoms with E-state index in [1.165, 1.54) is 17.3 Å². The van der Waals surface area contributed by atoms with Crippen LogP contribution in [0.5, 0.6) is 5.75 Å². The number of nitriles is 1. The summed E-state index contributed by atoms with van der Waals surface area (Å²) in [7, 11) is 1.40. The number of hydrogen-bond acceptors (Lipinski definition) is 10. The van der Waals surface area contributed by atoms with Gasteiger partial charge in [0.15, 0.2) is 11.6 Å². The summed E-state index contributed by atoms with van der Waals surface area (Å²) in [5, 5.41) is 15.9. The summed E-state index contributed by atoms with van der Waals surface area (Å²) in [5.74, 6) is 2.74. The van der Waals surface area contributed by atoms with Gasteiger partial charge in [-0.15, -0.1) is 0 Å². The van der Waals surface area contributed by atoms with E-state index in [1.54, 1.807) is 31.6 Å². The zero-order valence-corrected chi connectivity index (χ0v) is 21.7. The number of aromatic nitrogens is 3. The quantitative estimate of drug-likeness (QED) is 0.458. The van der Waals surface area contributed by atoms with E-state index in [4.69, 9.17) is 4.74 Å². The van der Waals surface area contributed by atoms with Gasteiger partial charge in [-0.25, -0.2) is 14.2 Å². The normalized spacial score (nSPS) is 14.8. The van der Waals surface area contributed by atoms with Crippen molar-refractivity contribution in [1.82, 2.24) is 19.9 Å². The maximum atomic E-state index is 12.6. The molecule has 36 heavy (non-hydrogen) atoms. The number of nitrogens with zero attached hydrogens (tertiary/aromatic N) is 6. The molecule has 3 heterocycles.